The first-order valence-corrected chi connectivity index (χ1v) is 6.25. The third-order valence-electron chi connectivity index (χ3n) is 1.86. The molecule has 0 bridgehead atoms. The Morgan fingerprint density at radius 3 is 2.37 bits per heavy atom. The normalized spacial score (nSPS) is 12.2. The third-order valence-corrected chi connectivity index (χ3v) is 2.88. The van der Waals surface area contributed by atoms with Crippen LogP contribution in [0.1, 0.15) is 10.4 Å². The van der Waals surface area contributed by atoms with Crippen molar-refractivity contribution in [3.8, 4) is 0 Å². The highest BCUT2D eigenvalue weighted by Crippen LogP contribution is 2.17. The number of hydrogen-bond acceptors (Lipinski definition) is 3. The summed E-state index contributed by atoms with van der Waals surface area (Å²) < 4.78 is 61.2. The fourth-order valence-corrected chi connectivity index (χ4v) is 2.01. The summed E-state index contributed by atoms with van der Waals surface area (Å²) in [6.45, 7) is -1.75. The molecule has 0 saturated carbocycles. The van der Waals surface area contributed by atoms with Crippen LogP contribution in [0.3, 0.4) is 0 Å². The predicted octanol–water partition coefficient (Wildman–Crippen LogP) is 1.19. The van der Waals surface area contributed by atoms with Crippen LogP contribution in [0.5, 0.6) is 0 Å². The Morgan fingerprint density at radius 2 is 1.84 bits per heavy atom. The van der Waals surface area contributed by atoms with Gasteiger partial charge in [0.2, 0.25) is 0 Å². The summed E-state index contributed by atoms with van der Waals surface area (Å²) in [5, 5.41) is 8.79. The van der Waals surface area contributed by atoms with Crippen molar-refractivity contribution in [1.29, 1.82) is 0 Å². The van der Waals surface area contributed by atoms with E-state index in [1.807, 2.05) is 0 Å². The molecule has 0 amide bonds. The number of aromatic carboxylic acids is 1. The maximum absolute atomic E-state index is 11.9. The molecule has 1 aromatic carbocycles. The zero-order chi connectivity index (χ0) is 14.7. The molecule has 106 valence electrons. The Labute approximate surface area is 106 Å². The van der Waals surface area contributed by atoms with Crippen LogP contribution in [0.25, 0.3) is 0 Å². The molecule has 6 nitrogen and oxygen atoms in total. The van der Waals surface area contributed by atoms with Gasteiger partial charge in [0, 0.05) is 0 Å². The van der Waals surface area contributed by atoms with E-state index in [4.69, 9.17) is 5.11 Å². The van der Waals surface area contributed by atoms with E-state index in [0.29, 0.717) is 0 Å². The standard InChI is InChI=1S/C9H9F3N2O4S/c10-9(11,12)5-13-19(17,18)14-7-4-2-1-3-6(7)8(15)16/h1-4,13-14H,5H2,(H,15,16). The minimum Gasteiger partial charge on any atom is -0.478 e. The van der Waals surface area contributed by atoms with E-state index in [-0.39, 0.29) is 11.3 Å². The maximum atomic E-state index is 11.9. The topological polar surface area (TPSA) is 95.5 Å². The highest BCUT2D eigenvalue weighted by atomic mass is 32.2. The summed E-state index contributed by atoms with van der Waals surface area (Å²) in [6, 6.07) is 4.93. The van der Waals surface area contributed by atoms with Gasteiger partial charge in [-0.3, -0.25) is 4.72 Å². The molecule has 0 aliphatic heterocycles. The number of para-hydroxylation sites is 1. The van der Waals surface area contributed by atoms with E-state index in [1.165, 1.54) is 16.9 Å². The molecule has 10 heteroatoms. The van der Waals surface area contributed by atoms with Gasteiger partial charge < -0.3 is 5.11 Å². The van der Waals surface area contributed by atoms with E-state index in [9.17, 15) is 26.4 Å². The Bertz CT molecular complexity index is 571. The molecule has 0 heterocycles. The van der Waals surface area contributed by atoms with Gasteiger partial charge in [-0.1, -0.05) is 12.1 Å². The van der Waals surface area contributed by atoms with Crippen molar-refractivity contribution in [3.63, 3.8) is 0 Å². The number of halogens is 3. The summed E-state index contributed by atoms with van der Waals surface area (Å²) in [6.07, 6.45) is -4.71. The monoisotopic (exact) mass is 298 g/mol. The highest BCUT2D eigenvalue weighted by molar-refractivity contribution is 7.90. The third kappa shape index (κ3) is 5.14. The maximum Gasteiger partial charge on any atom is 0.402 e. The zero-order valence-electron chi connectivity index (χ0n) is 9.23. The van der Waals surface area contributed by atoms with Crippen molar-refractivity contribution in [2.24, 2.45) is 0 Å². The number of nitrogens with one attached hydrogen (secondary N) is 2. The number of carboxylic acids is 1. The second kappa shape index (κ2) is 5.45. The van der Waals surface area contributed by atoms with Crippen LogP contribution in [-0.4, -0.2) is 32.2 Å². The fourth-order valence-electron chi connectivity index (χ4n) is 1.12. The number of hydrogen-bond donors (Lipinski definition) is 3. The number of anilines is 1. The minimum absolute atomic E-state index is 0.329. The average Bonchev–Trinajstić information content (AvgIpc) is 2.26. The van der Waals surface area contributed by atoms with E-state index in [0.717, 1.165) is 12.1 Å². The molecule has 0 aromatic heterocycles. The SMILES string of the molecule is O=C(O)c1ccccc1NS(=O)(=O)NCC(F)(F)F. The van der Waals surface area contributed by atoms with Gasteiger partial charge >= 0.3 is 12.1 Å². The van der Waals surface area contributed by atoms with Gasteiger partial charge in [-0.15, -0.1) is 0 Å². The first kappa shape index (κ1) is 15.2. The molecule has 0 saturated heterocycles. The zero-order valence-corrected chi connectivity index (χ0v) is 10.0. The second-order valence-electron chi connectivity index (χ2n) is 3.39. The van der Waals surface area contributed by atoms with Gasteiger partial charge in [0.15, 0.2) is 0 Å². The Morgan fingerprint density at radius 1 is 1.26 bits per heavy atom. The van der Waals surface area contributed by atoms with Gasteiger partial charge in [-0.25, -0.2) is 4.79 Å². The van der Waals surface area contributed by atoms with Crippen LogP contribution in [-0.2, 0) is 10.2 Å². The number of rotatable bonds is 5. The first-order chi connectivity index (χ1) is 8.61. The summed E-state index contributed by atoms with van der Waals surface area (Å²) in [5.41, 5.74) is -0.704. The molecule has 0 aliphatic rings. The highest BCUT2D eigenvalue weighted by Gasteiger charge is 2.29. The fraction of sp³-hybridized carbons (Fsp3) is 0.222. The quantitative estimate of drug-likeness (QED) is 0.761. The van der Waals surface area contributed by atoms with Crippen LogP contribution in [0.15, 0.2) is 24.3 Å². The molecule has 3 N–H and O–H groups in total. The van der Waals surface area contributed by atoms with Crippen LogP contribution in [0.4, 0.5) is 18.9 Å². The van der Waals surface area contributed by atoms with Crippen molar-refractivity contribution in [2.45, 2.75) is 6.18 Å². The van der Waals surface area contributed by atoms with Crippen molar-refractivity contribution >= 4 is 21.9 Å². The van der Waals surface area contributed by atoms with E-state index in [2.05, 4.69) is 0 Å². The first-order valence-electron chi connectivity index (χ1n) is 4.77. The average molecular weight is 298 g/mol. The molecule has 0 fully saturated rings. The molecule has 1 rings (SSSR count). The lowest BCUT2D eigenvalue weighted by atomic mass is 10.2. The minimum atomic E-state index is -4.71. The number of benzene rings is 1. The van der Waals surface area contributed by atoms with Crippen LogP contribution >= 0.6 is 0 Å². The lowest BCUT2D eigenvalue weighted by Gasteiger charge is -2.12. The molecule has 0 spiro atoms. The van der Waals surface area contributed by atoms with Crippen LogP contribution in [0.2, 0.25) is 0 Å². The van der Waals surface area contributed by atoms with Crippen molar-refractivity contribution < 1.29 is 31.5 Å². The van der Waals surface area contributed by atoms with E-state index >= 15 is 0 Å². The Hall–Kier alpha value is -1.81. The van der Waals surface area contributed by atoms with Crippen molar-refractivity contribution in [2.75, 3.05) is 11.3 Å². The molecule has 0 unspecified atom stereocenters. The van der Waals surface area contributed by atoms with Gasteiger partial charge in [0.1, 0.15) is 6.54 Å². The molecule has 0 aliphatic carbocycles. The Kier molecular flexibility index (Phi) is 4.37. The molecule has 19 heavy (non-hydrogen) atoms. The summed E-state index contributed by atoms with van der Waals surface area (Å²) in [5.74, 6) is -1.41. The van der Waals surface area contributed by atoms with Gasteiger partial charge in [-0.05, 0) is 12.1 Å². The molecular formula is C9H9F3N2O4S. The lowest BCUT2D eigenvalue weighted by Crippen LogP contribution is -2.37. The van der Waals surface area contributed by atoms with E-state index < -0.39 is 28.9 Å². The molecule has 1 aromatic rings. The molecule has 0 atom stereocenters. The van der Waals surface area contributed by atoms with Gasteiger partial charge in [-0.2, -0.15) is 26.3 Å². The lowest BCUT2D eigenvalue weighted by molar-refractivity contribution is -0.121. The van der Waals surface area contributed by atoms with Crippen LogP contribution < -0.4 is 9.44 Å². The molecular weight excluding hydrogens is 289 g/mol. The summed E-state index contributed by atoms with van der Waals surface area (Å²) in [7, 11) is -4.51. The Balaban J connectivity index is 2.87. The van der Waals surface area contributed by atoms with Crippen LogP contribution in [0, 0.1) is 0 Å². The summed E-state index contributed by atoms with van der Waals surface area (Å²) >= 11 is 0. The smallest absolute Gasteiger partial charge is 0.402 e. The number of carbonyl (C=O) groups is 1. The van der Waals surface area contributed by atoms with Gasteiger partial charge in [0.05, 0.1) is 11.3 Å². The van der Waals surface area contributed by atoms with E-state index in [1.54, 1.807) is 4.72 Å². The predicted molar refractivity (Wildman–Crippen MR) is 60.0 cm³/mol. The number of carboxylic acid groups (broad SMARTS) is 1. The second-order valence-corrected chi connectivity index (χ2v) is 4.89. The van der Waals surface area contributed by atoms with Gasteiger partial charge in [0.25, 0.3) is 10.2 Å². The van der Waals surface area contributed by atoms with Crippen molar-refractivity contribution in [3.05, 3.63) is 29.8 Å². The molecule has 0 radical (unpaired) electrons. The van der Waals surface area contributed by atoms with Crippen molar-refractivity contribution in [1.82, 2.24) is 4.72 Å². The summed E-state index contributed by atoms with van der Waals surface area (Å²) in [4.78, 5) is 10.8. The number of alkyl halides is 3. The largest absolute Gasteiger partial charge is 0.478 e.